The molecule has 1 atom stereocenters. The van der Waals surface area contributed by atoms with Crippen molar-refractivity contribution in [3.8, 4) is 27.9 Å². The van der Waals surface area contributed by atoms with Crippen LogP contribution in [0.25, 0.3) is 140 Å². The fraction of sp³-hybridized carbons (Fsp3) is 0.0800. The minimum Gasteiger partial charge on any atom is -0.456 e. The number of fused-ring (bicyclic) bond motifs is 15. The number of rotatable bonds is 7. The molecule has 1 unspecified atom stereocenters. The van der Waals surface area contributed by atoms with Crippen LogP contribution in [-0.2, 0) is 0 Å². The molecule has 0 amide bonds. The molecule has 0 spiro atoms. The van der Waals surface area contributed by atoms with Crippen molar-refractivity contribution in [2.75, 3.05) is 0 Å². The predicted molar refractivity (Wildman–Crippen MR) is 345 cm³/mol. The third kappa shape index (κ3) is 7.30. The summed E-state index contributed by atoms with van der Waals surface area (Å²) in [6.45, 7) is 2.32. The van der Waals surface area contributed by atoms with Crippen molar-refractivity contribution in [1.82, 2.24) is 4.57 Å². The molecule has 81 heavy (non-hydrogen) atoms. The Hall–Kier alpha value is -9.33. The zero-order valence-electron chi connectivity index (χ0n) is 44.4. The molecule has 0 fully saturated rings. The van der Waals surface area contributed by atoms with Crippen LogP contribution in [-0.4, -0.2) is 10.3 Å². The molecule has 0 N–H and O–H groups in total. The van der Waals surface area contributed by atoms with E-state index in [2.05, 4.69) is 236 Å². The fourth-order valence-electron chi connectivity index (χ4n) is 13.6. The van der Waals surface area contributed by atoms with Gasteiger partial charge in [-0.05, 0) is 150 Å². The van der Waals surface area contributed by atoms with Crippen LogP contribution in [0.15, 0.2) is 250 Å². The van der Waals surface area contributed by atoms with Gasteiger partial charge >= 0.3 is 0 Å². The second-order valence-electron chi connectivity index (χ2n) is 21.7. The van der Waals surface area contributed by atoms with Gasteiger partial charge in [0.15, 0.2) is 0 Å². The maximum Gasteiger partial charge on any atom is 0.136 e. The number of hydrogen-bond acceptors (Lipinski definition) is 5. The van der Waals surface area contributed by atoms with E-state index in [1.54, 1.807) is 0 Å². The second-order valence-corrected chi connectivity index (χ2v) is 23.8. The molecule has 6 heteroatoms. The number of hydrogen-bond donors (Lipinski definition) is 0. The highest BCUT2D eigenvalue weighted by atomic mass is 32.1. The normalized spacial score (nSPS) is 16.1. The third-order valence-corrected chi connectivity index (χ3v) is 19.7. The fourth-order valence-corrected chi connectivity index (χ4v) is 16.0. The molecule has 17 rings (SSSR count). The molecule has 0 aliphatic carbocycles. The van der Waals surface area contributed by atoms with E-state index >= 15 is 0 Å². The first-order chi connectivity index (χ1) is 40.1. The van der Waals surface area contributed by atoms with Crippen molar-refractivity contribution in [2.45, 2.75) is 38.6 Å². The van der Waals surface area contributed by atoms with Crippen molar-refractivity contribution in [3.05, 3.63) is 253 Å². The van der Waals surface area contributed by atoms with Crippen molar-refractivity contribution >= 4 is 140 Å². The van der Waals surface area contributed by atoms with Crippen LogP contribution >= 0.6 is 22.7 Å². The molecule has 0 bridgehead atoms. The summed E-state index contributed by atoms with van der Waals surface area (Å²) in [5.74, 6) is 0. The second kappa shape index (κ2) is 18.4. The van der Waals surface area contributed by atoms with Crippen LogP contribution in [0.2, 0.25) is 0 Å². The molecular weight excluding hydrogens is 1020 g/mol. The van der Waals surface area contributed by atoms with Crippen molar-refractivity contribution in [3.63, 3.8) is 0 Å². The van der Waals surface area contributed by atoms with Gasteiger partial charge in [0.05, 0.1) is 22.8 Å². The highest BCUT2D eigenvalue weighted by Crippen LogP contribution is 2.48. The summed E-state index contributed by atoms with van der Waals surface area (Å²) >= 11 is 3.77. The average Bonchev–Trinajstić information content (AvgIpc) is 4.53. The number of allylic oxidation sites excluding steroid dienone is 2. The zero-order valence-corrected chi connectivity index (χ0v) is 46.0. The molecule has 0 saturated carbocycles. The molecule has 0 radical (unpaired) electrons. The van der Waals surface area contributed by atoms with Gasteiger partial charge in [0.25, 0.3) is 0 Å². The monoisotopic (exact) mass is 1070 g/mol. The predicted octanol–water partition coefficient (Wildman–Crippen LogP) is 22.2. The lowest BCUT2D eigenvalue weighted by Gasteiger charge is -2.25. The Morgan fingerprint density at radius 3 is 1.93 bits per heavy atom. The minimum atomic E-state index is -0.0578. The zero-order chi connectivity index (χ0) is 53.3. The van der Waals surface area contributed by atoms with Gasteiger partial charge in [-0.2, -0.15) is 0 Å². The molecule has 0 saturated heterocycles. The number of para-hydroxylation sites is 3. The van der Waals surface area contributed by atoms with Gasteiger partial charge in [-0.25, -0.2) is 0 Å². The lowest BCUT2D eigenvalue weighted by atomic mass is 9.84. The van der Waals surface area contributed by atoms with Gasteiger partial charge < -0.3 is 13.4 Å². The summed E-state index contributed by atoms with van der Waals surface area (Å²) in [5, 5.41) is 12.2. The Morgan fingerprint density at radius 2 is 1.07 bits per heavy atom. The number of aliphatic imine (C=N–C) groups is 1. The molecule has 16 aromatic rings. The van der Waals surface area contributed by atoms with Crippen LogP contribution in [0.5, 0.6) is 0 Å². The minimum absolute atomic E-state index is 0.0578. The highest BCUT2D eigenvalue weighted by molar-refractivity contribution is 7.26. The lowest BCUT2D eigenvalue weighted by Crippen LogP contribution is -2.13. The number of benzene rings is 11. The van der Waals surface area contributed by atoms with Crippen molar-refractivity contribution in [1.29, 1.82) is 0 Å². The Labute approximate surface area is 474 Å². The summed E-state index contributed by atoms with van der Waals surface area (Å²) in [5.41, 5.74) is 19.3. The standard InChI is InChI=1S/C75H50N2O2S2/c1-2-49-50(23-15-27-63(46-33-36-53-52-20-7-11-29-66(52)79-69(53)43-46)76-73(49)58-26-14-25-57-54-21-8-12-31-70(54)80-74(57)58)56-24-16-30-68-72(56)62-39-44(35-38-67(62)78-68)47-41-59(75-61(42-47)55-22-9-13-32-71(55)81-75)45-34-37-65-60(40-45)51-19-6-10-28-64(51)77(65)48-17-4-3-5-18-48/h3-14,16-22,24-26,28-43,63H,2,15,23,27H2,1H3/b50-49+,76-73+. The van der Waals surface area contributed by atoms with Gasteiger partial charge in [0.1, 0.15) is 22.3 Å². The van der Waals surface area contributed by atoms with E-state index in [9.17, 15) is 0 Å². The maximum absolute atomic E-state index is 6.89. The Morgan fingerprint density at radius 1 is 0.444 bits per heavy atom. The summed E-state index contributed by atoms with van der Waals surface area (Å²) < 4.78 is 20.9. The van der Waals surface area contributed by atoms with Gasteiger partial charge in [0, 0.05) is 89.5 Å². The summed E-state index contributed by atoms with van der Waals surface area (Å²) in [6.07, 6.45) is 3.59. The number of aromatic nitrogens is 1. The van der Waals surface area contributed by atoms with E-state index in [0.29, 0.717) is 0 Å². The van der Waals surface area contributed by atoms with Gasteiger partial charge in [0.2, 0.25) is 0 Å². The first kappa shape index (κ1) is 46.6. The van der Waals surface area contributed by atoms with Crippen molar-refractivity contribution in [2.24, 2.45) is 4.99 Å². The molecule has 1 aliphatic heterocycles. The highest BCUT2D eigenvalue weighted by Gasteiger charge is 2.27. The Bertz CT molecular complexity index is 5330. The van der Waals surface area contributed by atoms with Crippen LogP contribution in [0.4, 0.5) is 0 Å². The van der Waals surface area contributed by atoms with Gasteiger partial charge in [-0.15, -0.1) is 22.7 Å². The van der Waals surface area contributed by atoms with Crippen LogP contribution in [0.1, 0.15) is 55.3 Å². The number of furan rings is 2. The molecule has 11 aromatic carbocycles. The number of thiophene rings is 2. The SMILES string of the molecule is CCC1=C(\c2cccc3oc4ccc(-c5cc(-c6ccc7c(c6)c6ccccc6n7-c6ccccc6)c6sc7ccccc7c6c5)cc4c23)CCCC(c2ccc3c(c2)oc2ccccc23)/N=C\1c1cccc2c1sc1ccccc12. The summed E-state index contributed by atoms with van der Waals surface area (Å²) in [6, 6.07) is 84.6. The topological polar surface area (TPSA) is 43.6 Å². The first-order valence-corrected chi connectivity index (χ1v) is 29.9. The smallest absolute Gasteiger partial charge is 0.136 e. The quantitative estimate of drug-likeness (QED) is 0.160. The van der Waals surface area contributed by atoms with Crippen LogP contribution < -0.4 is 0 Å². The third-order valence-electron chi connectivity index (χ3n) is 17.3. The number of nitrogens with zero attached hydrogens (tertiary/aromatic N) is 2. The molecule has 1 aliphatic rings. The van der Waals surface area contributed by atoms with E-state index in [-0.39, 0.29) is 6.04 Å². The molecule has 5 aromatic heterocycles. The van der Waals surface area contributed by atoms with Crippen LogP contribution in [0, 0.1) is 0 Å². The average molecular weight is 1080 g/mol. The molecule has 384 valence electrons. The summed E-state index contributed by atoms with van der Waals surface area (Å²) in [4.78, 5) is 5.99. The lowest BCUT2D eigenvalue weighted by molar-refractivity contribution is 0.615. The van der Waals surface area contributed by atoms with E-state index in [4.69, 9.17) is 13.8 Å². The van der Waals surface area contributed by atoms with E-state index in [1.165, 1.54) is 107 Å². The van der Waals surface area contributed by atoms with Crippen molar-refractivity contribution < 1.29 is 8.83 Å². The van der Waals surface area contributed by atoms with E-state index in [1.807, 2.05) is 28.7 Å². The van der Waals surface area contributed by atoms with E-state index in [0.717, 1.165) is 86.5 Å². The summed E-state index contributed by atoms with van der Waals surface area (Å²) in [7, 11) is 0. The largest absolute Gasteiger partial charge is 0.456 e. The Kier molecular flexibility index (Phi) is 10.6. The van der Waals surface area contributed by atoms with Crippen LogP contribution in [0.3, 0.4) is 0 Å². The molecule has 6 heterocycles. The molecule has 4 nitrogen and oxygen atoms in total. The van der Waals surface area contributed by atoms with Gasteiger partial charge in [-0.3, -0.25) is 4.99 Å². The maximum atomic E-state index is 6.89. The first-order valence-electron chi connectivity index (χ1n) is 28.2. The van der Waals surface area contributed by atoms with E-state index < -0.39 is 0 Å². The van der Waals surface area contributed by atoms with Gasteiger partial charge in [-0.1, -0.05) is 153 Å². The molecular formula is C75H50N2O2S2. The Balaban J connectivity index is 0.854.